The lowest BCUT2D eigenvalue weighted by molar-refractivity contribution is 1.54. The molecule has 0 aliphatic carbocycles. The third kappa shape index (κ3) is 1.10. The monoisotopic (exact) mass is 226 g/mol. The Balaban J connectivity index is 2.96. The molecule has 0 saturated carbocycles. The zero-order chi connectivity index (χ0) is 7.84. The van der Waals surface area contributed by atoms with Gasteiger partial charge in [-0.05, 0) is 34.5 Å². The molecule has 0 saturated heterocycles. The number of benzene rings is 1. The van der Waals surface area contributed by atoms with E-state index in [1.807, 2.05) is 0 Å². The van der Waals surface area contributed by atoms with Crippen LogP contribution in [0.1, 0.15) is 5.56 Å². The molecule has 0 amide bonds. The maximum Gasteiger partial charge on any atom is 0.0363 e. The van der Waals surface area contributed by atoms with Gasteiger partial charge in [-0.1, -0.05) is 12.1 Å². The molecule has 0 spiro atoms. The fraction of sp³-hybridized carbons (Fsp3) is 0.111. The van der Waals surface area contributed by atoms with Crippen LogP contribution in [0, 0.1) is 6.92 Å². The van der Waals surface area contributed by atoms with E-state index < -0.39 is 0 Å². The van der Waals surface area contributed by atoms with Crippen molar-refractivity contribution in [1.29, 1.82) is 0 Å². The van der Waals surface area contributed by atoms with Gasteiger partial charge in [0.15, 0.2) is 0 Å². The first-order chi connectivity index (χ1) is 5.29. The highest BCUT2D eigenvalue weighted by Gasteiger charge is 2.01. The minimum atomic E-state index is 1.22. The summed E-state index contributed by atoms with van der Waals surface area (Å²) < 4.78 is 2.58. The van der Waals surface area contributed by atoms with Crippen LogP contribution in [-0.4, -0.2) is 0 Å². The molecule has 56 valence electrons. The number of hydrogen-bond donors (Lipinski definition) is 0. The van der Waals surface area contributed by atoms with Crippen LogP contribution in [-0.2, 0) is 0 Å². The first kappa shape index (κ1) is 7.32. The second kappa shape index (κ2) is 2.61. The highest BCUT2D eigenvalue weighted by atomic mass is 79.9. The van der Waals surface area contributed by atoms with Crippen LogP contribution in [0.2, 0.25) is 0 Å². The van der Waals surface area contributed by atoms with E-state index in [2.05, 4.69) is 46.4 Å². The molecule has 0 fully saturated rings. The number of fused-ring (bicyclic) bond motifs is 1. The van der Waals surface area contributed by atoms with Gasteiger partial charge in [-0.25, -0.2) is 0 Å². The highest BCUT2D eigenvalue weighted by molar-refractivity contribution is 9.10. The minimum absolute atomic E-state index is 1.22. The lowest BCUT2D eigenvalue weighted by Crippen LogP contribution is -1.71. The smallest absolute Gasteiger partial charge is 0.0363 e. The normalized spacial score (nSPS) is 10.7. The maximum absolute atomic E-state index is 3.53. The standard InChI is InChI=1S/C9H7BrS/c1-6-3-2-4-8-9(6)7(10)5-11-8/h2-5H,1H3. The molecule has 11 heavy (non-hydrogen) atoms. The maximum atomic E-state index is 3.53. The van der Waals surface area contributed by atoms with Gasteiger partial charge in [0.05, 0.1) is 0 Å². The van der Waals surface area contributed by atoms with E-state index in [1.165, 1.54) is 20.1 Å². The number of hydrogen-bond acceptors (Lipinski definition) is 1. The minimum Gasteiger partial charge on any atom is -0.143 e. The second-order valence-electron chi connectivity index (χ2n) is 2.53. The van der Waals surface area contributed by atoms with Crippen LogP contribution >= 0.6 is 27.3 Å². The van der Waals surface area contributed by atoms with Gasteiger partial charge < -0.3 is 0 Å². The van der Waals surface area contributed by atoms with Gasteiger partial charge >= 0.3 is 0 Å². The third-order valence-electron chi connectivity index (χ3n) is 1.76. The average Bonchev–Trinajstić information content (AvgIpc) is 2.34. The number of aryl methyl sites for hydroxylation is 1. The van der Waals surface area contributed by atoms with Crippen LogP contribution in [0.25, 0.3) is 10.1 Å². The van der Waals surface area contributed by atoms with E-state index >= 15 is 0 Å². The Morgan fingerprint density at radius 3 is 2.91 bits per heavy atom. The molecule has 0 radical (unpaired) electrons. The average molecular weight is 227 g/mol. The molecule has 2 aromatic rings. The van der Waals surface area contributed by atoms with Crippen molar-refractivity contribution in [3.8, 4) is 0 Å². The van der Waals surface area contributed by atoms with Crippen molar-refractivity contribution in [3.63, 3.8) is 0 Å². The van der Waals surface area contributed by atoms with Gasteiger partial charge in [-0.15, -0.1) is 11.3 Å². The molecular weight excluding hydrogens is 220 g/mol. The van der Waals surface area contributed by atoms with Crippen LogP contribution in [0.5, 0.6) is 0 Å². The highest BCUT2D eigenvalue weighted by Crippen LogP contribution is 2.32. The predicted octanol–water partition coefficient (Wildman–Crippen LogP) is 3.97. The molecule has 0 aliphatic rings. The summed E-state index contributed by atoms with van der Waals surface area (Å²) in [6, 6.07) is 6.39. The summed E-state index contributed by atoms with van der Waals surface area (Å²) in [4.78, 5) is 0. The quantitative estimate of drug-likeness (QED) is 0.638. The molecule has 0 nitrogen and oxygen atoms in total. The molecule has 2 rings (SSSR count). The summed E-state index contributed by atoms with van der Waals surface area (Å²) in [6.45, 7) is 2.14. The van der Waals surface area contributed by atoms with Crippen LogP contribution < -0.4 is 0 Å². The summed E-state index contributed by atoms with van der Waals surface area (Å²) in [7, 11) is 0. The van der Waals surface area contributed by atoms with Gasteiger partial charge in [0.2, 0.25) is 0 Å². The largest absolute Gasteiger partial charge is 0.143 e. The topological polar surface area (TPSA) is 0 Å². The van der Waals surface area contributed by atoms with E-state index in [-0.39, 0.29) is 0 Å². The van der Waals surface area contributed by atoms with E-state index in [0.29, 0.717) is 0 Å². The summed E-state index contributed by atoms with van der Waals surface area (Å²) in [5.41, 5.74) is 1.34. The molecule has 2 heteroatoms. The lowest BCUT2D eigenvalue weighted by Gasteiger charge is -1.94. The first-order valence-electron chi connectivity index (χ1n) is 3.41. The zero-order valence-corrected chi connectivity index (χ0v) is 8.50. The van der Waals surface area contributed by atoms with Gasteiger partial charge in [0.25, 0.3) is 0 Å². The Morgan fingerprint density at radius 1 is 1.36 bits per heavy atom. The Labute approximate surface area is 78.0 Å². The molecule has 0 aliphatic heterocycles. The third-order valence-corrected chi connectivity index (χ3v) is 3.64. The summed E-state index contributed by atoms with van der Waals surface area (Å²) in [5.74, 6) is 0. The van der Waals surface area contributed by atoms with Crippen molar-refractivity contribution in [3.05, 3.63) is 33.6 Å². The van der Waals surface area contributed by atoms with E-state index in [1.54, 1.807) is 11.3 Å². The summed E-state index contributed by atoms with van der Waals surface area (Å²) >= 11 is 5.31. The molecule has 0 N–H and O–H groups in total. The Hall–Kier alpha value is -0.340. The first-order valence-corrected chi connectivity index (χ1v) is 5.08. The van der Waals surface area contributed by atoms with Crippen LogP contribution in [0.15, 0.2) is 28.1 Å². The molecule has 0 unspecified atom stereocenters. The summed E-state index contributed by atoms with van der Waals surface area (Å²) in [6.07, 6.45) is 0. The van der Waals surface area contributed by atoms with Crippen molar-refractivity contribution in [2.75, 3.05) is 0 Å². The Bertz CT molecular complexity index is 389. The van der Waals surface area contributed by atoms with Gasteiger partial charge in [0, 0.05) is 19.9 Å². The molecule has 0 atom stereocenters. The van der Waals surface area contributed by atoms with E-state index in [0.717, 1.165) is 0 Å². The summed E-state index contributed by atoms with van der Waals surface area (Å²) in [5, 5.41) is 3.50. The molecule has 0 bridgehead atoms. The van der Waals surface area contributed by atoms with Crippen molar-refractivity contribution in [2.45, 2.75) is 6.92 Å². The molecular formula is C9H7BrS. The number of rotatable bonds is 0. The SMILES string of the molecule is Cc1cccc2scc(Br)c12. The van der Waals surface area contributed by atoms with Crippen LogP contribution in [0.4, 0.5) is 0 Å². The van der Waals surface area contributed by atoms with Gasteiger partial charge in [-0.3, -0.25) is 0 Å². The fourth-order valence-corrected chi connectivity index (χ4v) is 3.05. The lowest BCUT2D eigenvalue weighted by atomic mass is 10.2. The zero-order valence-electron chi connectivity index (χ0n) is 6.10. The fourth-order valence-electron chi connectivity index (χ4n) is 1.22. The van der Waals surface area contributed by atoms with Crippen molar-refractivity contribution in [1.82, 2.24) is 0 Å². The number of halogens is 1. The second-order valence-corrected chi connectivity index (χ2v) is 4.30. The number of thiophene rings is 1. The Morgan fingerprint density at radius 2 is 2.18 bits per heavy atom. The Kier molecular flexibility index (Phi) is 1.74. The molecule has 1 heterocycles. The van der Waals surface area contributed by atoms with E-state index in [9.17, 15) is 0 Å². The van der Waals surface area contributed by atoms with Crippen molar-refractivity contribution < 1.29 is 0 Å². The van der Waals surface area contributed by atoms with Gasteiger partial charge in [0.1, 0.15) is 0 Å². The van der Waals surface area contributed by atoms with Crippen LogP contribution in [0.3, 0.4) is 0 Å². The van der Waals surface area contributed by atoms with E-state index in [4.69, 9.17) is 0 Å². The van der Waals surface area contributed by atoms with Crippen molar-refractivity contribution in [2.24, 2.45) is 0 Å². The predicted molar refractivity (Wildman–Crippen MR) is 54.3 cm³/mol. The van der Waals surface area contributed by atoms with Gasteiger partial charge in [-0.2, -0.15) is 0 Å². The molecule has 1 aromatic heterocycles. The van der Waals surface area contributed by atoms with Crippen molar-refractivity contribution >= 4 is 37.4 Å². The molecule has 1 aromatic carbocycles.